The van der Waals surface area contributed by atoms with Gasteiger partial charge in [-0.15, -0.1) is 0 Å². The molecule has 4 rings (SSSR count). The van der Waals surface area contributed by atoms with Crippen molar-refractivity contribution >= 4 is 5.82 Å². The Hall–Kier alpha value is -1.95. The first-order valence-corrected chi connectivity index (χ1v) is 8.39. The summed E-state index contributed by atoms with van der Waals surface area (Å²) < 4.78 is 2.12. The van der Waals surface area contributed by atoms with Gasteiger partial charge in [-0.3, -0.25) is 9.88 Å². The van der Waals surface area contributed by atoms with Gasteiger partial charge in [0.15, 0.2) is 0 Å². The molecule has 122 valence electrons. The predicted octanol–water partition coefficient (Wildman–Crippen LogP) is 1.56. The molecular weight excluding hydrogens is 288 g/mol. The molecular formula is C17H24N6. The summed E-state index contributed by atoms with van der Waals surface area (Å²) in [5.41, 5.74) is 1.30. The number of likely N-dealkylation sites (tertiary alicyclic amines) is 1. The molecule has 0 N–H and O–H groups in total. The molecule has 6 heteroatoms. The third kappa shape index (κ3) is 2.72. The van der Waals surface area contributed by atoms with Crippen LogP contribution in [0.2, 0.25) is 0 Å². The maximum absolute atomic E-state index is 4.47. The Bertz CT molecular complexity index is 654. The van der Waals surface area contributed by atoms with Gasteiger partial charge in [-0.25, -0.2) is 9.97 Å². The van der Waals surface area contributed by atoms with Gasteiger partial charge < -0.3 is 9.47 Å². The van der Waals surface area contributed by atoms with Crippen molar-refractivity contribution in [3.63, 3.8) is 0 Å². The summed E-state index contributed by atoms with van der Waals surface area (Å²) in [4.78, 5) is 17.8. The molecule has 3 heterocycles. The average Bonchev–Trinajstić information content (AvgIpc) is 3.25. The zero-order valence-corrected chi connectivity index (χ0v) is 13.8. The van der Waals surface area contributed by atoms with Gasteiger partial charge in [0.25, 0.3) is 0 Å². The molecule has 1 aliphatic heterocycles. The fraction of sp³-hybridized carbons (Fsp3) is 0.588. The number of aromatic nitrogens is 4. The molecule has 1 saturated carbocycles. The van der Waals surface area contributed by atoms with Crippen LogP contribution in [-0.4, -0.2) is 50.6 Å². The number of aryl methyl sites for hydroxylation is 1. The second-order valence-electron chi connectivity index (χ2n) is 6.93. The van der Waals surface area contributed by atoms with Crippen molar-refractivity contribution in [2.75, 3.05) is 25.0 Å². The lowest BCUT2D eigenvalue weighted by Crippen LogP contribution is -2.38. The highest BCUT2D eigenvalue weighted by molar-refractivity contribution is 5.36. The van der Waals surface area contributed by atoms with Crippen LogP contribution in [0.1, 0.15) is 18.5 Å². The Morgan fingerprint density at radius 2 is 2.09 bits per heavy atom. The van der Waals surface area contributed by atoms with Crippen molar-refractivity contribution in [2.45, 2.75) is 25.4 Å². The normalized spacial score (nSPS) is 27.3. The van der Waals surface area contributed by atoms with E-state index in [1.54, 1.807) is 12.4 Å². The van der Waals surface area contributed by atoms with Crippen molar-refractivity contribution in [3.8, 4) is 0 Å². The topological polar surface area (TPSA) is 50.1 Å². The maximum Gasteiger partial charge on any atom is 0.147 e. The Morgan fingerprint density at radius 1 is 1.17 bits per heavy atom. The lowest BCUT2D eigenvalue weighted by molar-refractivity contribution is 0.290. The van der Waals surface area contributed by atoms with E-state index in [-0.39, 0.29) is 0 Å². The molecule has 0 unspecified atom stereocenters. The van der Waals surface area contributed by atoms with Crippen LogP contribution in [0.15, 0.2) is 31.1 Å². The van der Waals surface area contributed by atoms with E-state index in [4.69, 9.17) is 0 Å². The third-order valence-corrected chi connectivity index (χ3v) is 5.61. The van der Waals surface area contributed by atoms with E-state index in [1.165, 1.54) is 31.6 Å². The first kappa shape index (κ1) is 14.6. The monoisotopic (exact) mass is 312 g/mol. The number of imidazole rings is 1. The van der Waals surface area contributed by atoms with Gasteiger partial charge in [0, 0.05) is 58.4 Å². The minimum Gasteiger partial charge on any atom is -0.355 e. The summed E-state index contributed by atoms with van der Waals surface area (Å²) in [6.45, 7) is 3.39. The number of nitrogens with zero attached hydrogens (tertiary/aromatic N) is 6. The first-order chi connectivity index (χ1) is 11.2. The number of fused-ring (bicyclic) bond motifs is 1. The second kappa shape index (κ2) is 5.92. The van der Waals surface area contributed by atoms with Crippen molar-refractivity contribution in [1.82, 2.24) is 24.4 Å². The highest BCUT2D eigenvalue weighted by atomic mass is 15.2. The van der Waals surface area contributed by atoms with E-state index in [2.05, 4.69) is 43.4 Å². The molecule has 0 bridgehead atoms. The summed E-state index contributed by atoms with van der Waals surface area (Å²) in [6, 6.07) is 0.577. The zero-order valence-electron chi connectivity index (χ0n) is 13.8. The third-order valence-electron chi connectivity index (χ3n) is 5.61. The molecule has 0 spiro atoms. The average molecular weight is 312 g/mol. The van der Waals surface area contributed by atoms with Gasteiger partial charge in [-0.05, 0) is 24.7 Å². The summed E-state index contributed by atoms with van der Waals surface area (Å²) in [7, 11) is 4.24. The molecule has 0 amide bonds. The summed E-state index contributed by atoms with van der Waals surface area (Å²) in [5, 5.41) is 0. The molecule has 0 radical (unpaired) electrons. The summed E-state index contributed by atoms with van der Waals surface area (Å²) >= 11 is 0. The Balaban J connectivity index is 1.44. The van der Waals surface area contributed by atoms with Crippen LogP contribution in [0.5, 0.6) is 0 Å². The molecule has 2 aromatic rings. The van der Waals surface area contributed by atoms with Crippen LogP contribution in [0.25, 0.3) is 0 Å². The van der Waals surface area contributed by atoms with Crippen molar-refractivity contribution in [2.24, 2.45) is 18.9 Å². The largest absolute Gasteiger partial charge is 0.355 e. The lowest BCUT2D eigenvalue weighted by atomic mass is 9.97. The standard InChI is InChI=1S/C17H24N6/c1-21-12-19-7-14(21)10-23-9-13-3-4-16(15(13)11-23)22(2)17-8-18-5-6-20-17/h5-8,12-13,15-16H,3-4,9-11H2,1-2H3/t13-,15+,16-/m1/s1. The molecule has 1 aliphatic carbocycles. The maximum atomic E-state index is 4.47. The predicted molar refractivity (Wildman–Crippen MR) is 88.9 cm³/mol. The van der Waals surface area contributed by atoms with Crippen LogP contribution < -0.4 is 4.90 Å². The van der Waals surface area contributed by atoms with Gasteiger partial charge >= 0.3 is 0 Å². The quantitative estimate of drug-likeness (QED) is 0.857. The minimum atomic E-state index is 0.577. The number of hydrogen-bond acceptors (Lipinski definition) is 5. The fourth-order valence-corrected chi connectivity index (χ4v) is 4.35. The fourth-order valence-electron chi connectivity index (χ4n) is 4.35. The van der Waals surface area contributed by atoms with Gasteiger partial charge in [0.1, 0.15) is 5.82 Å². The van der Waals surface area contributed by atoms with Crippen LogP contribution in [-0.2, 0) is 13.6 Å². The molecule has 2 aliphatic rings. The number of hydrogen-bond donors (Lipinski definition) is 0. The molecule has 6 nitrogen and oxygen atoms in total. The highest BCUT2D eigenvalue weighted by Gasteiger charge is 2.44. The van der Waals surface area contributed by atoms with Gasteiger partial charge in [-0.2, -0.15) is 0 Å². The van der Waals surface area contributed by atoms with Crippen molar-refractivity contribution < 1.29 is 0 Å². The molecule has 2 fully saturated rings. The molecule has 2 aromatic heterocycles. The summed E-state index contributed by atoms with van der Waals surface area (Å²) in [5.74, 6) is 2.53. The minimum absolute atomic E-state index is 0.577. The SMILES string of the molecule is CN(c1cnccn1)[C@@H]1CC[C@@H]2CN(Cc3cncn3C)C[C@@H]21. The second-order valence-corrected chi connectivity index (χ2v) is 6.93. The molecule has 23 heavy (non-hydrogen) atoms. The Labute approximate surface area is 137 Å². The van der Waals surface area contributed by atoms with Crippen molar-refractivity contribution in [1.29, 1.82) is 0 Å². The highest BCUT2D eigenvalue weighted by Crippen LogP contribution is 2.41. The van der Waals surface area contributed by atoms with Crippen LogP contribution in [0.4, 0.5) is 5.82 Å². The van der Waals surface area contributed by atoms with Gasteiger partial charge in [-0.1, -0.05) is 0 Å². The van der Waals surface area contributed by atoms with E-state index in [0.717, 1.165) is 24.2 Å². The Morgan fingerprint density at radius 3 is 2.83 bits per heavy atom. The zero-order chi connectivity index (χ0) is 15.8. The van der Waals surface area contributed by atoms with E-state index in [1.807, 2.05) is 18.7 Å². The Kier molecular flexibility index (Phi) is 3.77. The van der Waals surface area contributed by atoms with E-state index < -0.39 is 0 Å². The van der Waals surface area contributed by atoms with Gasteiger partial charge in [0.05, 0.1) is 18.2 Å². The summed E-state index contributed by atoms with van der Waals surface area (Å²) in [6.07, 6.45) is 11.8. The van der Waals surface area contributed by atoms with E-state index >= 15 is 0 Å². The molecule has 3 atom stereocenters. The molecule has 1 saturated heterocycles. The van der Waals surface area contributed by atoms with Gasteiger partial charge in [0.2, 0.25) is 0 Å². The van der Waals surface area contributed by atoms with Crippen LogP contribution >= 0.6 is 0 Å². The van der Waals surface area contributed by atoms with E-state index in [0.29, 0.717) is 6.04 Å². The number of anilines is 1. The first-order valence-electron chi connectivity index (χ1n) is 8.39. The van der Waals surface area contributed by atoms with Crippen molar-refractivity contribution in [3.05, 3.63) is 36.8 Å². The molecule has 0 aromatic carbocycles. The number of rotatable bonds is 4. The van der Waals surface area contributed by atoms with E-state index in [9.17, 15) is 0 Å². The smallest absolute Gasteiger partial charge is 0.147 e. The van der Waals surface area contributed by atoms with Crippen LogP contribution in [0.3, 0.4) is 0 Å². The van der Waals surface area contributed by atoms with Crippen LogP contribution in [0, 0.1) is 11.8 Å². The lowest BCUT2D eigenvalue weighted by Gasteiger charge is -2.30.